The molecule has 0 bridgehead atoms. The minimum atomic E-state index is -0.585. The number of hydrogen-bond acceptors (Lipinski definition) is 4. The van der Waals surface area contributed by atoms with Gasteiger partial charge < -0.3 is 20.1 Å². The largest absolute Gasteiger partial charge is 0.493 e. The number of anilines is 1. The molecule has 0 radical (unpaired) electrons. The molecule has 1 atom stereocenters. The number of hydrogen-bond donors (Lipinski definition) is 1. The van der Waals surface area contributed by atoms with Crippen molar-refractivity contribution in [2.24, 2.45) is 5.73 Å². The number of rotatable bonds is 4. The van der Waals surface area contributed by atoms with Crippen LogP contribution in [0.1, 0.15) is 11.1 Å². The Kier molecular flexibility index (Phi) is 4.64. The van der Waals surface area contributed by atoms with Crippen molar-refractivity contribution in [3.8, 4) is 11.5 Å². The van der Waals surface area contributed by atoms with Gasteiger partial charge in [-0.25, -0.2) is 0 Å². The van der Waals surface area contributed by atoms with Crippen molar-refractivity contribution >= 4 is 23.2 Å². The summed E-state index contributed by atoms with van der Waals surface area (Å²) in [5, 5.41) is 0.604. The van der Waals surface area contributed by atoms with E-state index in [0.29, 0.717) is 35.2 Å². The lowest BCUT2D eigenvalue weighted by Crippen LogP contribution is -2.48. The number of ether oxygens (including phenoxy) is 2. The van der Waals surface area contributed by atoms with Gasteiger partial charge in [0, 0.05) is 5.02 Å². The van der Waals surface area contributed by atoms with E-state index in [1.807, 2.05) is 30.3 Å². The highest BCUT2D eigenvalue weighted by Crippen LogP contribution is 2.43. The molecule has 1 aliphatic heterocycles. The summed E-state index contributed by atoms with van der Waals surface area (Å²) >= 11 is 6.26. The van der Waals surface area contributed by atoms with Crippen molar-refractivity contribution in [3.63, 3.8) is 0 Å². The van der Waals surface area contributed by atoms with Crippen LogP contribution in [-0.2, 0) is 17.8 Å². The Bertz CT molecular complexity index is 779. The third kappa shape index (κ3) is 2.81. The van der Waals surface area contributed by atoms with Crippen LogP contribution >= 0.6 is 11.6 Å². The van der Waals surface area contributed by atoms with E-state index in [4.69, 9.17) is 26.8 Å². The number of benzene rings is 2. The zero-order valence-corrected chi connectivity index (χ0v) is 14.3. The molecule has 1 heterocycles. The minimum absolute atomic E-state index is 0.158. The lowest BCUT2D eigenvalue weighted by Gasteiger charge is -2.34. The molecule has 1 unspecified atom stereocenters. The summed E-state index contributed by atoms with van der Waals surface area (Å²) in [6, 6.07) is 10.6. The van der Waals surface area contributed by atoms with E-state index < -0.39 is 6.04 Å². The highest BCUT2D eigenvalue weighted by Gasteiger charge is 2.34. The number of carbonyl (C=O) groups is 1. The standard InChI is InChI=1S/C18H19ClN2O3/c1-23-15-8-7-11-9-14(20)18(22)21(16(11)17(15)24-2)10-12-5-3-4-6-13(12)19/h3-8,14H,9-10,20H2,1-2H3. The van der Waals surface area contributed by atoms with E-state index in [0.717, 1.165) is 11.1 Å². The summed E-state index contributed by atoms with van der Waals surface area (Å²) in [4.78, 5) is 14.4. The van der Waals surface area contributed by atoms with Gasteiger partial charge in [-0.2, -0.15) is 0 Å². The zero-order chi connectivity index (χ0) is 17.3. The molecule has 0 saturated heterocycles. The van der Waals surface area contributed by atoms with Crippen molar-refractivity contribution in [2.75, 3.05) is 19.1 Å². The number of amides is 1. The lowest BCUT2D eigenvalue weighted by atomic mass is 9.96. The number of methoxy groups -OCH3 is 2. The Morgan fingerprint density at radius 1 is 1.21 bits per heavy atom. The molecule has 0 saturated carbocycles. The molecular formula is C18H19ClN2O3. The molecule has 1 amide bonds. The van der Waals surface area contributed by atoms with E-state index in [-0.39, 0.29) is 5.91 Å². The van der Waals surface area contributed by atoms with E-state index in [1.54, 1.807) is 25.2 Å². The summed E-state index contributed by atoms with van der Waals surface area (Å²) in [5.41, 5.74) is 8.53. The fourth-order valence-electron chi connectivity index (χ4n) is 3.00. The summed E-state index contributed by atoms with van der Waals surface area (Å²) in [6.07, 6.45) is 0.466. The maximum atomic E-state index is 12.7. The molecular weight excluding hydrogens is 328 g/mol. The third-order valence-corrected chi connectivity index (χ3v) is 4.55. The Morgan fingerprint density at radius 3 is 2.62 bits per heavy atom. The third-order valence-electron chi connectivity index (χ3n) is 4.18. The molecule has 2 N–H and O–H groups in total. The molecule has 0 spiro atoms. The number of nitrogens with two attached hydrogens (primary N) is 1. The minimum Gasteiger partial charge on any atom is -0.493 e. The Hall–Kier alpha value is -2.24. The molecule has 126 valence electrons. The summed E-state index contributed by atoms with van der Waals surface area (Å²) < 4.78 is 10.9. The van der Waals surface area contributed by atoms with Gasteiger partial charge >= 0.3 is 0 Å². The van der Waals surface area contributed by atoms with Crippen LogP contribution in [-0.4, -0.2) is 26.2 Å². The monoisotopic (exact) mass is 346 g/mol. The first-order valence-corrected chi connectivity index (χ1v) is 7.98. The average Bonchev–Trinajstić information content (AvgIpc) is 2.59. The van der Waals surface area contributed by atoms with E-state index >= 15 is 0 Å². The quantitative estimate of drug-likeness (QED) is 0.924. The van der Waals surface area contributed by atoms with Crippen molar-refractivity contribution in [1.29, 1.82) is 0 Å². The molecule has 5 nitrogen and oxygen atoms in total. The number of halogens is 1. The van der Waals surface area contributed by atoms with E-state index in [1.165, 1.54) is 0 Å². The van der Waals surface area contributed by atoms with Gasteiger partial charge in [0.15, 0.2) is 11.5 Å². The lowest BCUT2D eigenvalue weighted by molar-refractivity contribution is -0.120. The second-order valence-corrected chi connectivity index (χ2v) is 6.04. The maximum Gasteiger partial charge on any atom is 0.244 e. The molecule has 24 heavy (non-hydrogen) atoms. The smallest absolute Gasteiger partial charge is 0.244 e. The number of carbonyl (C=O) groups excluding carboxylic acids is 1. The van der Waals surface area contributed by atoms with Gasteiger partial charge in [0.2, 0.25) is 5.91 Å². The van der Waals surface area contributed by atoms with Crippen LogP contribution in [0.2, 0.25) is 5.02 Å². The van der Waals surface area contributed by atoms with E-state index in [2.05, 4.69) is 0 Å². The Labute approximate surface area is 145 Å². The van der Waals surface area contributed by atoms with E-state index in [9.17, 15) is 4.79 Å². The molecule has 2 aromatic carbocycles. The first-order chi connectivity index (χ1) is 11.6. The molecule has 0 aromatic heterocycles. The predicted octanol–water partition coefficient (Wildman–Crippen LogP) is 2.77. The molecule has 3 rings (SSSR count). The highest BCUT2D eigenvalue weighted by atomic mass is 35.5. The highest BCUT2D eigenvalue weighted by molar-refractivity contribution is 6.31. The van der Waals surface area contributed by atoms with Crippen molar-refractivity contribution in [1.82, 2.24) is 0 Å². The zero-order valence-electron chi connectivity index (χ0n) is 13.6. The summed E-state index contributed by atoms with van der Waals surface area (Å²) in [7, 11) is 3.13. The van der Waals surface area contributed by atoms with Crippen LogP contribution in [0.4, 0.5) is 5.69 Å². The van der Waals surface area contributed by atoms with Gasteiger partial charge in [0.05, 0.1) is 32.5 Å². The second kappa shape index (κ2) is 6.71. The first kappa shape index (κ1) is 16.6. The van der Waals surface area contributed by atoms with Crippen LogP contribution in [0.5, 0.6) is 11.5 Å². The van der Waals surface area contributed by atoms with Gasteiger partial charge in [-0.15, -0.1) is 0 Å². The molecule has 0 fully saturated rings. The number of fused-ring (bicyclic) bond motifs is 1. The molecule has 1 aliphatic rings. The van der Waals surface area contributed by atoms with Crippen molar-refractivity contribution in [3.05, 3.63) is 52.5 Å². The topological polar surface area (TPSA) is 64.8 Å². The summed E-state index contributed by atoms with van der Waals surface area (Å²) in [5.74, 6) is 0.944. The van der Waals surface area contributed by atoms with Crippen molar-refractivity contribution in [2.45, 2.75) is 19.0 Å². The Morgan fingerprint density at radius 2 is 1.96 bits per heavy atom. The van der Waals surface area contributed by atoms with Crippen LogP contribution in [0, 0.1) is 0 Å². The first-order valence-electron chi connectivity index (χ1n) is 7.61. The van der Waals surface area contributed by atoms with Crippen LogP contribution in [0.15, 0.2) is 36.4 Å². The van der Waals surface area contributed by atoms with Gasteiger partial charge in [-0.3, -0.25) is 4.79 Å². The van der Waals surface area contributed by atoms with Gasteiger partial charge in [-0.1, -0.05) is 35.9 Å². The van der Waals surface area contributed by atoms with Crippen LogP contribution in [0.3, 0.4) is 0 Å². The molecule has 6 heteroatoms. The van der Waals surface area contributed by atoms with Gasteiger partial charge in [0.1, 0.15) is 0 Å². The second-order valence-electron chi connectivity index (χ2n) is 5.64. The fraction of sp³-hybridized carbons (Fsp3) is 0.278. The maximum absolute atomic E-state index is 12.7. The van der Waals surface area contributed by atoms with Crippen LogP contribution in [0.25, 0.3) is 0 Å². The Balaban J connectivity index is 2.12. The van der Waals surface area contributed by atoms with Gasteiger partial charge in [-0.05, 0) is 29.7 Å². The van der Waals surface area contributed by atoms with Crippen LogP contribution < -0.4 is 20.1 Å². The predicted molar refractivity (Wildman–Crippen MR) is 93.9 cm³/mol. The average molecular weight is 347 g/mol. The summed E-state index contributed by atoms with van der Waals surface area (Å²) in [6.45, 7) is 0.322. The van der Waals surface area contributed by atoms with Crippen molar-refractivity contribution < 1.29 is 14.3 Å². The normalized spacial score (nSPS) is 16.8. The number of nitrogens with zero attached hydrogens (tertiary/aromatic N) is 1. The molecule has 0 aliphatic carbocycles. The SMILES string of the molecule is COc1ccc2c(c1OC)N(Cc1ccccc1Cl)C(=O)C(N)C2. The van der Waals surface area contributed by atoms with Gasteiger partial charge in [0.25, 0.3) is 0 Å². The molecule has 2 aromatic rings. The fourth-order valence-corrected chi connectivity index (χ4v) is 3.20.